The van der Waals surface area contributed by atoms with Crippen molar-refractivity contribution in [2.75, 3.05) is 0 Å². The van der Waals surface area contributed by atoms with E-state index in [0.29, 0.717) is 10.8 Å². The van der Waals surface area contributed by atoms with Crippen LogP contribution in [0.1, 0.15) is 33.1 Å². The molecule has 0 N–H and O–H groups in total. The lowest BCUT2D eigenvalue weighted by Crippen LogP contribution is -2.20. The van der Waals surface area contributed by atoms with Gasteiger partial charge in [0.15, 0.2) is 0 Å². The van der Waals surface area contributed by atoms with Crippen molar-refractivity contribution < 1.29 is 0 Å². The van der Waals surface area contributed by atoms with Crippen LogP contribution in [0.15, 0.2) is 11.6 Å². The Hall–Kier alpha value is -0.483. The maximum absolute atomic E-state index is 3.76. The highest BCUT2D eigenvalue weighted by atomic mass is 28.3. The van der Waals surface area contributed by atoms with Crippen molar-refractivity contribution in [1.82, 2.24) is 0 Å². The van der Waals surface area contributed by atoms with Gasteiger partial charge in [0.05, 0.1) is 0 Å². The molecule has 4 atom stereocenters. The first-order valence-corrected chi connectivity index (χ1v) is 10.5. The fourth-order valence-electron chi connectivity index (χ4n) is 4.48. The molecule has 0 nitrogen and oxygen atoms in total. The summed E-state index contributed by atoms with van der Waals surface area (Å²) in [7, 11) is -1.20. The van der Waals surface area contributed by atoms with E-state index in [4.69, 9.17) is 0 Å². The van der Waals surface area contributed by atoms with Crippen molar-refractivity contribution in [3.05, 3.63) is 11.6 Å². The minimum absolute atomic E-state index is 0.461. The van der Waals surface area contributed by atoms with Crippen LogP contribution in [-0.4, -0.2) is 8.07 Å². The summed E-state index contributed by atoms with van der Waals surface area (Å²) in [5, 5.41) is 0. The molecule has 3 rings (SSSR count). The topological polar surface area (TPSA) is 0 Å². The Morgan fingerprint density at radius 1 is 1.18 bits per heavy atom. The summed E-state index contributed by atoms with van der Waals surface area (Å²) in [5.74, 6) is 5.61. The van der Waals surface area contributed by atoms with E-state index in [1.54, 1.807) is 0 Å². The number of hydrogen-bond donors (Lipinski definition) is 0. The van der Waals surface area contributed by atoms with E-state index in [0.717, 1.165) is 11.8 Å². The molecular weight excluding hydrogens is 220 g/mol. The van der Waals surface area contributed by atoms with Gasteiger partial charge in [-0.15, -0.1) is 11.5 Å². The minimum Gasteiger partial charge on any atom is -0.131 e. The molecule has 0 bridgehead atoms. The first kappa shape index (κ1) is 11.6. The van der Waals surface area contributed by atoms with Gasteiger partial charge < -0.3 is 0 Å². The van der Waals surface area contributed by atoms with Gasteiger partial charge in [-0.3, -0.25) is 0 Å². The summed E-state index contributed by atoms with van der Waals surface area (Å²) in [5.41, 5.74) is 6.16. The molecular formula is C16H24Si. The summed E-state index contributed by atoms with van der Waals surface area (Å²) in [6.45, 7) is 11.6. The molecule has 3 fully saturated rings. The van der Waals surface area contributed by atoms with Crippen LogP contribution < -0.4 is 0 Å². The Bertz CT molecular complexity index is 436. The zero-order valence-electron chi connectivity index (χ0n) is 11.9. The van der Waals surface area contributed by atoms with E-state index < -0.39 is 8.07 Å². The fraction of sp³-hybridized carbons (Fsp3) is 0.750. The van der Waals surface area contributed by atoms with E-state index >= 15 is 0 Å². The van der Waals surface area contributed by atoms with Crippen molar-refractivity contribution in [2.24, 2.45) is 22.7 Å². The molecule has 0 amide bonds. The Morgan fingerprint density at radius 2 is 1.76 bits per heavy atom. The van der Waals surface area contributed by atoms with Gasteiger partial charge in [0.25, 0.3) is 0 Å². The molecule has 0 aromatic heterocycles. The lowest BCUT2D eigenvalue weighted by Gasteiger charge is -2.25. The van der Waals surface area contributed by atoms with Crippen LogP contribution in [0.3, 0.4) is 0 Å². The highest BCUT2D eigenvalue weighted by Crippen LogP contribution is 2.98. The molecule has 2 unspecified atom stereocenters. The third-order valence-electron chi connectivity index (χ3n) is 4.96. The molecule has 0 radical (unpaired) electrons. The SMILES string of the molecule is CC(C)=CC12[C@@H]3CCC[C@H]1C32C#C[Si](C)(C)C. The summed E-state index contributed by atoms with van der Waals surface area (Å²) < 4.78 is 0. The second-order valence-corrected chi connectivity index (χ2v) is 12.3. The van der Waals surface area contributed by atoms with Crippen molar-refractivity contribution >= 4 is 8.07 Å². The zero-order chi connectivity index (χ0) is 12.5. The largest absolute Gasteiger partial charge is 0.131 e. The number of hydrogen-bond acceptors (Lipinski definition) is 0. The molecule has 3 aliphatic carbocycles. The van der Waals surface area contributed by atoms with Crippen molar-refractivity contribution in [3.63, 3.8) is 0 Å². The lowest BCUT2D eigenvalue weighted by molar-refractivity contribution is 0.277. The number of rotatable bonds is 1. The van der Waals surface area contributed by atoms with Crippen LogP contribution >= 0.6 is 0 Å². The van der Waals surface area contributed by atoms with Crippen LogP contribution in [0.4, 0.5) is 0 Å². The van der Waals surface area contributed by atoms with Gasteiger partial charge in [-0.2, -0.15) is 0 Å². The Morgan fingerprint density at radius 3 is 2.24 bits per heavy atom. The third-order valence-corrected chi connectivity index (χ3v) is 5.83. The van der Waals surface area contributed by atoms with Crippen LogP contribution in [0.2, 0.25) is 19.6 Å². The van der Waals surface area contributed by atoms with Crippen molar-refractivity contribution in [3.8, 4) is 11.5 Å². The van der Waals surface area contributed by atoms with E-state index in [1.165, 1.54) is 24.8 Å². The van der Waals surface area contributed by atoms with Crippen LogP contribution in [0.25, 0.3) is 0 Å². The average molecular weight is 244 g/mol. The van der Waals surface area contributed by atoms with Gasteiger partial charge >= 0.3 is 0 Å². The summed E-state index contributed by atoms with van der Waals surface area (Å²) in [6, 6.07) is 0. The predicted molar refractivity (Wildman–Crippen MR) is 76.3 cm³/mol. The summed E-state index contributed by atoms with van der Waals surface area (Å²) in [4.78, 5) is 0. The minimum atomic E-state index is -1.20. The van der Waals surface area contributed by atoms with Gasteiger partial charge in [0.1, 0.15) is 8.07 Å². The van der Waals surface area contributed by atoms with Gasteiger partial charge in [-0.05, 0) is 38.5 Å². The molecule has 0 aromatic carbocycles. The van der Waals surface area contributed by atoms with Gasteiger partial charge in [0.2, 0.25) is 0 Å². The predicted octanol–water partition coefficient (Wildman–Crippen LogP) is 4.25. The van der Waals surface area contributed by atoms with E-state index in [-0.39, 0.29) is 0 Å². The van der Waals surface area contributed by atoms with Gasteiger partial charge in [-0.1, -0.05) is 37.7 Å². The first-order chi connectivity index (χ1) is 7.84. The standard InChI is InChI=1S/C16H24Si/c1-12(2)11-16-13-7-6-8-14(16)15(13,16)9-10-17(3,4)5/h11,13-14H,6-8H2,1-5H3/t13-,14+,15?,16?. The summed E-state index contributed by atoms with van der Waals surface area (Å²) in [6.07, 6.45) is 6.88. The quantitative estimate of drug-likeness (QED) is 0.367. The molecule has 92 valence electrons. The Balaban J connectivity index is 1.91. The molecule has 0 aliphatic heterocycles. The van der Waals surface area contributed by atoms with Gasteiger partial charge in [-0.25, -0.2) is 0 Å². The third kappa shape index (κ3) is 1.31. The molecule has 3 saturated carbocycles. The molecule has 0 saturated heterocycles. The smallest absolute Gasteiger partial charge is 0.129 e. The maximum atomic E-state index is 3.76. The molecule has 0 aromatic rings. The second kappa shape index (κ2) is 3.09. The maximum Gasteiger partial charge on any atom is 0.129 e. The zero-order valence-corrected chi connectivity index (χ0v) is 12.9. The van der Waals surface area contributed by atoms with E-state index in [2.05, 4.69) is 51.0 Å². The average Bonchev–Trinajstić information content (AvgIpc) is 2.99. The monoisotopic (exact) mass is 244 g/mol. The molecule has 0 spiro atoms. The number of fused-ring (bicyclic) bond motifs is 2. The lowest BCUT2D eigenvalue weighted by atomic mass is 9.79. The van der Waals surface area contributed by atoms with E-state index in [9.17, 15) is 0 Å². The Labute approximate surface area is 107 Å². The molecule has 3 aliphatic rings. The van der Waals surface area contributed by atoms with Crippen LogP contribution in [0.5, 0.6) is 0 Å². The first-order valence-electron chi connectivity index (χ1n) is 7.05. The summed E-state index contributed by atoms with van der Waals surface area (Å²) >= 11 is 0. The van der Waals surface area contributed by atoms with Crippen LogP contribution in [0, 0.1) is 34.1 Å². The fourth-order valence-corrected chi connectivity index (χ4v) is 5.06. The van der Waals surface area contributed by atoms with Crippen molar-refractivity contribution in [1.29, 1.82) is 0 Å². The highest BCUT2D eigenvalue weighted by molar-refractivity contribution is 6.83. The van der Waals surface area contributed by atoms with Crippen molar-refractivity contribution in [2.45, 2.75) is 52.8 Å². The highest BCUT2D eigenvalue weighted by Gasteiger charge is 2.96. The van der Waals surface area contributed by atoms with Crippen LogP contribution in [-0.2, 0) is 0 Å². The second-order valence-electron chi connectivity index (χ2n) is 7.56. The van der Waals surface area contributed by atoms with Gasteiger partial charge in [0, 0.05) is 10.8 Å². The normalized spacial score (nSPS) is 45.2. The molecule has 0 heterocycles. The molecule has 1 heteroatoms. The van der Waals surface area contributed by atoms with E-state index in [1.807, 2.05) is 0 Å². The number of allylic oxidation sites excluding steroid dienone is 2. The molecule has 17 heavy (non-hydrogen) atoms. The Kier molecular flexibility index (Phi) is 2.11.